The minimum Gasteiger partial charge on any atom is -0.479 e. The van der Waals surface area contributed by atoms with Gasteiger partial charge in [-0.3, -0.25) is 9.59 Å². The fraction of sp³-hybridized carbons (Fsp3) is 0.286. The first-order valence-corrected chi connectivity index (χ1v) is 10.0. The topological polar surface area (TPSA) is 82.4 Å². The molecule has 0 saturated carbocycles. The van der Waals surface area contributed by atoms with Gasteiger partial charge in [0.05, 0.1) is 17.4 Å². The molecule has 1 atom stereocenters. The number of ether oxygens (including phenoxy) is 1. The third-order valence-corrected chi connectivity index (χ3v) is 5.34. The molecule has 1 aliphatic rings. The number of carbonyl (C=O) groups is 2. The summed E-state index contributed by atoms with van der Waals surface area (Å²) in [7, 11) is 0. The van der Waals surface area contributed by atoms with E-state index in [0.29, 0.717) is 23.6 Å². The molecule has 0 fully saturated rings. The van der Waals surface area contributed by atoms with Gasteiger partial charge in [0.2, 0.25) is 5.91 Å². The molecule has 28 heavy (non-hydrogen) atoms. The van der Waals surface area contributed by atoms with Crippen LogP contribution < -0.4 is 15.0 Å². The number of nitriles is 1. The molecule has 3 rings (SSSR count). The lowest BCUT2D eigenvalue weighted by Crippen LogP contribution is -2.45. The Morgan fingerprint density at radius 2 is 2.00 bits per heavy atom. The normalized spacial score (nSPS) is 15.4. The fourth-order valence-electron chi connectivity index (χ4n) is 2.92. The summed E-state index contributed by atoms with van der Waals surface area (Å²) < 4.78 is 5.62. The summed E-state index contributed by atoms with van der Waals surface area (Å²) in [5.74, 6) is 0.992. The number of anilines is 2. The lowest BCUT2D eigenvalue weighted by atomic mass is 10.1. The van der Waals surface area contributed by atoms with Crippen molar-refractivity contribution in [3.05, 3.63) is 48.5 Å². The first-order valence-electron chi connectivity index (χ1n) is 9.06. The van der Waals surface area contributed by atoms with Crippen LogP contribution in [0.2, 0.25) is 0 Å². The van der Waals surface area contributed by atoms with Crippen LogP contribution in [-0.4, -0.2) is 30.2 Å². The van der Waals surface area contributed by atoms with Gasteiger partial charge in [-0.15, -0.1) is 11.8 Å². The van der Waals surface area contributed by atoms with Crippen molar-refractivity contribution >= 4 is 35.0 Å². The molecule has 1 N–H and O–H groups in total. The number of nitrogens with zero attached hydrogens (tertiary/aromatic N) is 2. The van der Waals surface area contributed by atoms with E-state index in [0.717, 1.165) is 10.6 Å². The number of para-hydroxylation sites is 3. The number of benzene rings is 2. The molecule has 0 unspecified atom stereocenters. The molecule has 2 amide bonds. The van der Waals surface area contributed by atoms with E-state index in [1.807, 2.05) is 48.5 Å². The molecule has 0 aromatic heterocycles. The maximum absolute atomic E-state index is 12.5. The molecule has 7 heteroatoms. The van der Waals surface area contributed by atoms with Gasteiger partial charge in [-0.05, 0) is 31.2 Å². The highest BCUT2D eigenvalue weighted by Crippen LogP contribution is 2.33. The molecular weight excluding hydrogens is 374 g/mol. The Labute approximate surface area is 168 Å². The van der Waals surface area contributed by atoms with Gasteiger partial charge in [-0.2, -0.15) is 5.26 Å². The third-order valence-electron chi connectivity index (χ3n) is 4.27. The number of thioether (sulfide) groups is 1. The van der Waals surface area contributed by atoms with Crippen LogP contribution in [0.4, 0.5) is 11.4 Å². The zero-order valence-corrected chi connectivity index (χ0v) is 16.4. The molecule has 0 spiro atoms. The fourth-order valence-corrected chi connectivity index (χ4v) is 3.78. The summed E-state index contributed by atoms with van der Waals surface area (Å²) in [5.41, 5.74) is 1.41. The molecule has 0 saturated heterocycles. The monoisotopic (exact) mass is 395 g/mol. The second-order valence-corrected chi connectivity index (χ2v) is 7.41. The van der Waals surface area contributed by atoms with E-state index >= 15 is 0 Å². The predicted molar refractivity (Wildman–Crippen MR) is 110 cm³/mol. The summed E-state index contributed by atoms with van der Waals surface area (Å²) in [5, 5.41) is 11.6. The van der Waals surface area contributed by atoms with E-state index in [-0.39, 0.29) is 24.8 Å². The number of amides is 2. The summed E-state index contributed by atoms with van der Waals surface area (Å²) in [6, 6.07) is 17.0. The van der Waals surface area contributed by atoms with E-state index in [1.54, 1.807) is 11.8 Å². The van der Waals surface area contributed by atoms with Gasteiger partial charge in [0, 0.05) is 30.0 Å². The van der Waals surface area contributed by atoms with Gasteiger partial charge in [-0.25, -0.2) is 0 Å². The van der Waals surface area contributed by atoms with Crippen molar-refractivity contribution in [3.63, 3.8) is 0 Å². The molecule has 6 nitrogen and oxygen atoms in total. The average Bonchev–Trinajstić information content (AvgIpc) is 2.70. The highest BCUT2D eigenvalue weighted by molar-refractivity contribution is 7.99. The number of rotatable bonds is 7. The summed E-state index contributed by atoms with van der Waals surface area (Å²) >= 11 is 1.53. The van der Waals surface area contributed by atoms with Crippen LogP contribution in [0.3, 0.4) is 0 Å². The van der Waals surface area contributed by atoms with Gasteiger partial charge < -0.3 is 15.0 Å². The van der Waals surface area contributed by atoms with Crippen molar-refractivity contribution in [1.29, 1.82) is 5.26 Å². The molecule has 1 heterocycles. The maximum Gasteiger partial charge on any atom is 0.267 e. The number of nitrogens with one attached hydrogen (secondary N) is 1. The van der Waals surface area contributed by atoms with Crippen LogP contribution in [0.1, 0.15) is 19.8 Å². The second kappa shape index (κ2) is 9.29. The minimum absolute atomic E-state index is 0.154. The predicted octanol–water partition coefficient (Wildman–Crippen LogP) is 3.84. The van der Waals surface area contributed by atoms with Gasteiger partial charge in [0.15, 0.2) is 6.10 Å². The number of carbonyl (C=O) groups excluding carboxylic acids is 2. The first-order chi connectivity index (χ1) is 13.6. The Morgan fingerprint density at radius 3 is 2.82 bits per heavy atom. The highest BCUT2D eigenvalue weighted by Gasteiger charge is 2.31. The number of hydrogen-bond acceptors (Lipinski definition) is 5. The van der Waals surface area contributed by atoms with E-state index < -0.39 is 6.10 Å². The Balaban J connectivity index is 1.64. The second-order valence-electron chi connectivity index (χ2n) is 6.27. The standard InChI is InChI=1S/C21H21N3O3S/c1-15-21(26)24(17-8-3-4-9-18(17)27-15)13-11-20(25)23-16-7-2-5-10-19(16)28-14-6-12-22/h2-5,7-10,15H,6,11,13-14H2,1H3,(H,23,25)/t15-/m1/s1. The Morgan fingerprint density at radius 1 is 1.25 bits per heavy atom. The molecule has 0 aliphatic carbocycles. The largest absolute Gasteiger partial charge is 0.479 e. The van der Waals surface area contributed by atoms with Gasteiger partial charge in [0.25, 0.3) is 5.91 Å². The Bertz CT molecular complexity index is 910. The Kier molecular flexibility index (Phi) is 6.56. The summed E-state index contributed by atoms with van der Waals surface area (Å²) in [4.78, 5) is 27.5. The lowest BCUT2D eigenvalue weighted by Gasteiger charge is -2.32. The van der Waals surface area contributed by atoms with Crippen molar-refractivity contribution in [2.24, 2.45) is 0 Å². The maximum atomic E-state index is 12.5. The van der Waals surface area contributed by atoms with Crippen LogP contribution in [0, 0.1) is 11.3 Å². The highest BCUT2D eigenvalue weighted by atomic mass is 32.2. The molecule has 2 aromatic carbocycles. The third kappa shape index (κ3) is 4.65. The quantitative estimate of drug-likeness (QED) is 0.569. The van der Waals surface area contributed by atoms with E-state index in [2.05, 4.69) is 11.4 Å². The molecule has 2 aromatic rings. The number of hydrogen-bond donors (Lipinski definition) is 1. The Hall–Kier alpha value is -2.98. The van der Waals surface area contributed by atoms with Crippen LogP contribution in [0.15, 0.2) is 53.4 Å². The first kappa shape index (κ1) is 19.8. The zero-order valence-electron chi connectivity index (χ0n) is 15.6. The van der Waals surface area contributed by atoms with Crippen LogP contribution in [0.25, 0.3) is 0 Å². The van der Waals surface area contributed by atoms with E-state index in [9.17, 15) is 9.59 Å². The van der Waals surface area contributed by atoms with Crippen molar-refractivity contribution < 1.29 is 14.3 Å². The SMILES string of the molecule is C[C@H]1Oc2ccccc2N(CCC(=O)Nc2ccccc2SCCC#N)C1=O. The van der Waals surface area contributed by atoms with Crippen molar-refractivity contribution in [2.45, 2.75) is 30.8 Å². The van der Waals surface area contributed by atoms with Gasteiger partial charge in [0.1, 0.15) is 5.75 Å². The van der Waals surface area contributed by atoms with E-state index in [1.165, 1.54) is 11.8 Å². The van der Waals surface area contributed by atoms with Crippen molar-refractivity contribution in [2.75, 3.05) is 22.5 Å². The molecular formula is C21H21N3O3S. The van der Waals surface area contributed by atoms with E-state index in [4.69, 9.17) is 10.00 Å². The lowest BCUT2D eigenvalue weighted by molar-refractivity contribution is -0.125. The number of fused-ring (bicyclic) bond motifs is 1. The van der Waals surface area contributed by atoms with Gasteiger partial charge >= 0.3 is 0 Å². The molecule has 144 valence electrons. The smallest absolute Gasteiger partial charge is 0.267 e. The summed E-state index contributed by atoms with van der Waals surface area (Å²) in [6.07, 6.45) is 0.0449. The van der Waals surface area contributed by atoms with Crippen LogP contribution in [0.5, 0.6) is 5.75 Å². The summed E-state index contributed by atoms with van der Waals surface area (Å²) in [6.45, 7) is 1.99. The zero-order chi connectivity index (χ0) is 19.9. The van der Waals surface area contributed by atoms with Crippen molar-refractivity contribution in [3.8, 4) is 11.8 Å². The van der Waals surface area contributed by atoms with Crippen LogP contribution in [-0.2, 0) is 9.59 Å². The van der Waals surface area contributed by atoms with Gasteiger partial charge in [-0.1, -0.05) is 24.3 Å². The molecule has 0 bridgehead atoms. The molecule has 1 aliphatic heterocycles. The van der Waals surface area contributed by atoms with Crippen molar-refractivity contribution in [1.82, 2.24) is 0 Å². The minimum atomic E-state index is -0.574. The average molecular weight is 395 g/mol. The van der Waals surface area contributed by atoms with Crippen LogP contribution >= 0.6 is 11.8 Å². The molecule has 0 radical (unpaired) electrons.